The maximum atomic E-state index is 13.3. The van der Waals surface area contributed by atoms with Crippen LogP contribution < -0.4 is 10.6 Å². The minimum absolute atomic E-state index is 0.145. The summed E-state index contributed by atoms with van der Waals surface area (Å²) in [5.74, 6) is 0.277. The summed E-state index contributed by atoms with van der Waals surface area (Å²) >= 11 is 6.68. The molecule has 1 aliphatic heterocycles. The van der Waals surface area contributed by atoms with Gasteiger partial charge in [-0.15, -0.1) is 0 Å². The molecule has 3 unspecified atom stereocenters. The van der Waals surface area contributed by atoms with Crippen molar-refractivity contribution in [2.24, 2.45) is 13.0 Å². The molecule has 11 heteroatoms. The average Bonchev–Trinajstić information content (AvgIpc) is 3.60. The predicted molar refractivity (Wildman–Crippen MR) is 176 cm³/mol. The van der Waals surface area contributed by atoms with E-state index in [1.165, 1.54) is 0 Å². The number of aromatic nitrogens is 2. The number of alkyl carbamates (subject to hydrolysis) is 1. The normalized spacial score (nSPS) is 22.0. The maximum absolute atomic E-state index is 13.3. The lowest BCUT2D eigenvalue weighted by molar-refractivity contribution is 0.0541. The summed E-state index contributed by atoms with van der Waals surface area (Å²) in [4.78, 5) is 34.5. The second-order valence-corrected chi connectivity index (χ2v) is 13.3. The van der Waals surface area contributed by atoms with Crippen LogP contribution in [0.15, 0.2) is 61.2 Å². The number of carbonyl (C=O) groups is 2. The van der Waals surface area contributed by atoms with E-state index in [2.05, 4.69) is 33.2 Å². The lowest BCUT2D eigenvalue weighted by Gasteiger charge is -2.42. The van der Waals surface area contributed by atoms with Gasteiger partial charge in [0.2, 0.25) is 0 Å². The van der Waals surface area contributed by atoms with E-state index in [1.807, 2.05) is 69.8 Å². The first-order valence-corrected chi connectivity index (χ1v) is 16.1. The second-order valence-electron chi connectivity index (χ2n) is 12.8. The number of carbonyl (C=O) groups excluding carboxylic acids is 2. The lowest BCUT2D eigenvalue weighted by atomic mass is 9.89. The Labute approximate surface area is 271 Å². The number of hydrogen-bond acceptors (Lipinski definition) is 7. The highest BCUT2D eigenvalue weighted by atomic mass is 35.5. The van der Waals surface area contributed by atoms with Gasteiger partial charge in [-0.3, -0.25) is 4.90 Å². The van der Waals surface area contributed by atoms with Crippen LogP contribution in [0.1, 0.15) is 69.4 Å². The number of ether oxygens (including phenoxy) is 2. The van der Waals surface area contributed by atoms with Gasteiger partial charge in [0.1, 0.15) is 5.60 Å². The fraction of sp³-hybridized carbons (Fsp3) is 0.500. The molecule has 3 aliphatic rings. The number of nitrogens with one attached hydrogen (secondary N) is 2. The minimum atomic E-state index is -0.588. The lowest BCUT2D eigenvalue weighted by Crippen LogP contribution is -2.53. The summed E-state index contributed by atoms with van der Waals surface area (Å²) in [5, 5.41) is 7.31. The Morgan fingerprint density at radius 2 is 1.96 bits per heavy atom. The zero-order valence-corrected chi connectivity index (χ0v) is 27.6. The molecule has 1 saturated carbocycles. The van der Waals surface area contributed by atoms with E-state index < -0.39 is 17.7 Å². The maximum Gasteiger partial charge on any atom is 0.409 e. The quantitative estimate of drug-likeness (QED) is 0.349. The molecular weight excluding hydrogens is 592 g/mol. The number of imidazole rings is 1. The fourth-order valence-electron chi connectivity index (χ4n) is 5.95. The van der Waals surface area contributed by atoms with Crippen LogP contribution in [0.2, 0.25) is 5.02 Å². The molecule has 2 aliphatic carbocycles. The first-order chi connectivity index (χ1) is 21.5. The molecule has 2 aromatic rings. The molecule has 45 heavy (non-hydrogen) atoms. The largest absolute Gasteiger partial charge is 0.449 e. The van der Waals surface area contributed by atoms with Gasteiger partial charge in [0, 0.05) is 38.2 Å². The van der Waals surface area contributed by atoms with Crippen molar-refractivity contribution in [2.45, 2.75) is 64.3 Å². The third kappa shape index (κ3) is 7.56. The highest BCUT2D eigenvalue weighted by Gasteiger charge is 2.43. The van der Waals surface area contributed by atoms with E-state index in [4.69, 9.17) is 21.1 Å². The Bertz CT molecular complexity index is 1470. The van der Waals surface area contributed by atoms with Crippen molar-refractivity contribution in [3.8, 4) is 0 Å². The Morgan fingerprint density at radius 1 is 1.22 bits per heavy atom. The number of allylic oxidation sites excluding steroid dienone is 1. The van der Waals surface area contributed by atoms with E-state index in [9.17, 15) is 9.59 Å². The number of rotatable bonds is 9. The Kier molecular flexibility index (Phi) is 9.94. The molecule has 2 amide bonds. The van der Waals surface area contributed by atoms with Crippen molar-refractivity contribution >= 4 is 29.4 Å². The van der Waals surface area contributed by atoms with Crippen LogP contribution >= 0.6 is 11.6 Å². The van der Waals surface area contributed by atoms with E-state index in [0.717, 1.165) is 40.8 Å². The van der Waals surface area contributed by atoms with Gasteiger partial charge in [-0.05, 0) is 73.2 Å². The van der Waals surface area contributed by atoms with E-state index in [0.29, 0.717) is 37.8 Å². The van der Waals surface area contributed by atoms with Crippen molar-refractivity contribution in [3.05, 3.63) is 83.1 Å². The Morgan fingerprint density at radius 3 is 2.58 bits per heavy atom. The summed E-state index contributed by atoms with van der Waals surface area (Å²) in [5.41, 5.74) is 3.99. The van der Waals surface area contributed by atoms with Crippen LogP contribution in [0, 0.1) is 5.92 Å². The van der Waals surface area contributed by atoms with Gasteiger partial charge in [0.25, 0.3) is 0 Å². The standard InChI is InChI=1S/C34H45ClN6O4/c1-7-12-37-29-23(4)17-27(30(28-19-36-21-39(28)6)38-32(42)45-34(5)10-11-34)26-18-24(35)8-9-25(26)31(29)40-13-15-41(16-14-40)33(43)44-20-22(2)3/h7-9,12,17-19,21-22,29-31,37H,4,10-11,13-16,20H2,1-3,5-6H3,(H,38,42)/b12-7-. The Hall–Kier alpha value is -3.76. The summed E-state index contributed by atoms with van der Waals surface area (Å²) in [6.07, 6.45) is 10.3. The number of halogens is 1. The van der Waals surface area contributed by atoms with Crippen molar-refractivity contribution in [3.63, 3.8) is 0 Å². The Balaban J connectivity index is 1.53. The summed E-state index contributed by atoms with van der Waals surface area (Å²) in [6.45, 7) is 15.3. The first-order valence-electron chi connectivity index (χ1n) is 15.7. The molecule has 0 radical (unpaired) electrons. The zero-order chi connectivity index (χ0) is 32.3. The van der Waals surface area contributed by atoms with Crippen LogP contribution in [0.25, 0.3) is 5.57 Å². The molecule has 10 nitrogen and oxygen atoms in total. The number of piperazine rings is 1. The number of amides is 2. The topological polar surface area (TPSA) is 101 Å². The van der Waals surface area contributed by atoms with Gasteiger partial charge < -0.3 is 29.6 Å². The van der Waals surface area contributed by atoms with Gasteiger partial charge in [-0.25, -0.2) is 14.6 Å². The van der Waals surface area contributed by atoms with Gasteiger partial charge in [0.05, 0.1) is 43.0 Å². The van der Waals surface area contributed by atoms with Crippen LogP contribution in [-0.4, -0.2) is 76.0 Å². The van der Waals surface area contributed by atoms with Gasteiger partial charge >= 0.3 is 12.2 Å². The highest BCUT2D eigenvalue weighted by Crippen LogP contribution is 2.44. The zero-order valence-electron chi connectivity index (χ0n) is 26.9. The third-order valence-corrected chi connectivity index (χ3v) is 8.90. The van der Waals surface area contributed by atoms with Crippen LogP contribution in [-0.2, 0) is 16.5 Å². The molecule has 2 N–H and O–H groups in total. The van der Waals surface area contributed by atoms with Crippen molar-refractivity contribution in [1.82, 2.24) is 30.0 Å². The molecule has 0 bridgehead atoms. The highest BCUT2D eigenvalue weighted by molar-refractivity contribution is 6.30. The molecule has 5 rings (SSSR count). The second kappa shape index (κ2) is 13.7. The van der Waals surface area contributed by atoms with Crippen molar-refractivity contribution in [1.29, 1.82) is 0 Å². The minimum Gasteiger partial charge on any atom is -0.449 e. The molecular formula is C34H45ClN6O4. The predicted octanol–water partition coefficient (Wildman–Crippen LogP) is 5.99. The van der Waals surface area contributed by atoms with Crippen molar-refractivity contribution in [2.75, 3.05) is 32.8 Å². The molecule has 0 spiro atoms. The van der Waals surface area contributed by atoms with E-state index in [-0.39, 0.29) is 24.1 Å². The smallest absolute Gasteiger partial charge is 0.409 e. The number of aryl methyl sites for hydroxylation is 1. The van der Waals surface area contributed by atoms with E-state index >= 15 is 0 Å². The van der Waals surface area contributed by atoms with Crippen LogP contribution in [0.3, 0.4) is 0 Å². The van der Waals surface area contributed by atoms with Gasteiger partial charge in [-0.2, -0.15) is 0 Å². The molecule has 2 heterocycles. The molecule has 1 saturated heterocycles. The average molecular weight is 637 g/mol. The molecule has 1 aromatic heterocycles. The van der Waals surface area contributed by atoms with Crippen LogP contribution in [0.4, 0.5) is 9.59 Å². The third-order valence-electron chi connectivity index (χ3n) is 8.67. The molecule has 242 valence electrons. The molecule has 3 atom stereocenters. The van der Waals surface area contributed by atoms with Gasteiger partial charge in [0.15, 0.2) is 0 Å². The fourth-order valence-corrected chi connectivity index (χ4v) is 6.12. The number of hydrogen-bond donors (Lipinski definition) is 2. The summed E-state index contributed by atoms with van der Waals surface area (Å²) < 4.78 is 13.2. The summed E-state index contributed by atoms with van der Waals surface area (Å²) in [7, 11) is 1.90. The molecule has 2 fully saturated rings. The number of benzene rings is 1. The number of nitrogens with zero attached hydrogens (tertiary/aromatic N) is 4. The SMILES string of the molecule is C=C1C=C(C(NC(=O)OC2(C)CC2)c2cncn2C)c2cc(Cl)ccc2C(N2CCN(C(=O)OCC(C)C)CC2)C1N/C=C\C. The van der Waals surface area contributed by atoms with Crippen LogP contribution in [0.5, 0.6) is 0 Å². The van der Waals surface area contributed by atoms with Crippen molar-refractivity contribution < 1.29 is 19.1 Å². The monoisotopic (exact) mass is 636 g/mol. The number of fused-ring (bicyclic) bond motifs is 1. The van der Waals surface area contributed by atoms with E-state index in [1.54, 1.807) is 17.4 Å². The van der Waals surface area contributed by atoms with Gasteiger partial charge in [-0.1, -0.05) is 50.2 Å². The first kappa shape index (κ1) is 32.6. The summed E-state index contributed by atoms with van der Waals surface area (Å²) in [6, 6.07) is 4.98. The molecule has 1 aromatic carbocycles.